The average molecular weight is 445 g/mol. The molecule has 1 aromatic rings. The summed E-state index contributed by atoms with van der Waals surface area (Å²) in [7, 11) is 0. The fourth-order valence-corrected chi connectivity index (χ4v) is 5.02. The molecule has 1 N–H and O–H groups in total. The summed E-state index contributed by atoms with van der Waals surface area (Å²) in [6.07, 6.45) is 4.39. The van der Waals surface area contributed by atoms with Crippen LogP contribution in [0, 0.1) is 11.7 Å². The van der Waals surface area contributed by atoms with E-state index in [9.17, 15) is 14.0 Å². The van der Waals surface area contributed by atoms with E-state index >= 15 is 0 Å². The Hall–Kier alpha value is -2.48. The molecule has 2 aliphatic heterocycles. The van der Waals surface area contributed by atoms with Gasteiger partial charge in [0.1, 0.15) is 22.8 Å². The number of ether oxygens (including phenoxy) is 1. The number of amides is 3. The molecule has 3 aliphatic rings. The Morgan fingerprint density at radius 1 is 1.34 bits per heavy atom. The van der Waals surface area contributed by atoms with Gasteiger partial charge in [-0.05, 0) is 77.5 Å². The highest BCUT2D eigenvalue weighted by Crippen LogP contribution is 2.41. The van der Waals surface area contributed by atoms with E-state index in [4.69, 9.17) is 4.74 Å². The van der Waals surface area contributed by atoms with Crippen molar-refractivity contribution in [2.75, 3.05) is 18.0 Å². The van der Waals surface area contributed by atoms with Crippen LogP contribution in [-0.4, -0.2) is 53.1 Å². The maximum absolute atomic E-state index is 14.1. The second-order valence-corrected chi connectivity index (χ2v) is 10.3. The fourth-order valence-electron chi connectivity index (χ4n) is 5.02. The molecular formula is C24H33FN4O3. The number of benzene rings is 1. The van der Waals surface area contributed by atoms with Crippen molar-refractivity contribution in [1.82, 2.24) is 10.2 Å². The van der Waals surface area contributed by atoms with Gasteiger partial charge in [-0.1, -0.05) is 12.5 Å². The molecule has 0 bridgehead atoms. The van der Waals surface area contributed by atoms with Crippen molar-refractivity contribution < 1.29 is 18.7 Å². The van der Waals surface area contributed by atoms with Crippen molar-refractivity contribution in [3.05, 3.63) is 30.1 Å². The number of piperidine rings is 1. The molecular weight excluding hydrogens is 411 g/mol. The van der Waals surface area contributed by atoms with Crippen LogP contribution in [0.2, 0.25) is 0 Å². The minimum atomic E-state index is -0.850. The highest BCUT2D eigenvalue weighted by atomic mass is 19.1. The first kappa shape index (κ1) is 22.7. The minimum absolute atomic E-state index is 0.178. The predicted octanol–water partition coefficient (Wildman–Crippen LogP) is 4.71. The normalized spacial score (nSPS) is 26.8. The van der Waals surface area contributed by atoms with Gasteiger partial charge in [0.15, 0.2) is 0 Å². The van der Waals surface area contributed by atoms with E-state index in [1.807, 2.05) is 0 Å². The molecule has 2 atom stereocenters. The number of halogens is 1. The first-order valence-corrected chi connectivity index (χ1v) is 11.5. The van der Waals surface area contributed by atoms with Crippen LogP contribution in [0.5, 0.6) is 0 Å². The lowest BCUT2D eigenvalue weighted by molar-refractivity contribution is 0.0551. The summed E-state index contributed by atoms with van der Waals surface area (Å²) in [5.74, 6) is 0.606. The molecule has 1 aliphatic carbocycles. The number of amidine groups is 1. The highest BCUT2D eigenvalue weighted by Gasteiger charge is 2.54. The van der Waals surface area contributed by atoms with Gasteiger partial charge in [-0.15, -0.1) is 0 Å². The summed E-state index contributed by atoms with van der Waals surface area (Å²) < 4.78 is 19.5. The van der Waals surface area contributed by atoms with Gasteiger partial charge in [0.05, 0.1) is 0 Å². The number of nitrogens with one attached hydrogen (secondary N) is 1. The van der Waals surface area contributed by atoms with Crippen molar-refractivity contribution in [1.29, 1.82) is 0 Å². The SMILES string of the molecule is C[C@H]1C[C@]2(CCN1CC1CCC1)C(NC(=O)OC(C)(C)C)=NC(=O)N2c1cccc(F)c1. The lowest BCUT2D eigenvalue weighted by atomic mass is 9.79. The van der Waals surface area contributed by atoms with E-state index < -0.39 is 29.1 Å². The summed E-state index contributed by atoms with van der Waals surface area (Å²) in [5, 5.41) is 2.75. The van der Waals surface area contributed by atoms with Crippen molar-refractivity contribution in [2.24, 2.45) is 10.9 Å². The number of nitrogens with zero attached hydrogens (tertiary/aromatic N) is 3. The van der Waals surface area contributed by atoms with Gasteiger partial charge in [-0.2, -0.15) is 4.99 Å². The average Bonchev–Trinajstić information content (AvgIpc) is 2.88. The van der Waals surface area contributed by atoms with Gasteiger partial charge in [0.2, 0.25) is 0 Å². The Balaban J connectivity index is 1.63. The number of carbonyl (C=O) groups excluding carboxylic acids is 2. The largest absolute Gasteiger partial charge is 0.444 e. The van der Waals surface area contributed by atoms with E-state index in [1.54, 1.807) is 37.8 Å². The monoisotopic (exact) mass is 444 g/mol. The number of alkyl carbamates (subject to hydrolysis) is 1. The topological polar surface area (TPSA) is 74.2 Å². The number of likely N-dealkylation sites (tertiary alicyclic amines) is 1. The molecule has 2 heterocycles. The van der Waals surface area contributed by atoms with Crippen LogP contribution >= 0.6 is 0 Å². The van der Waals surface area contributed by atoms with Crippen LogP contribution in [0.15, 0.2) is 29.3 Å². The van der Waals surface area contributed by atoms with Crippen LogP contribution in [-0.2, 0) is 4.74 Å². The molecule has 1 saturated heterocycles. The van der Waals surface area contributed by atoms with Gasteiger partial charge >= 0.3 is 12.1 Å². The lowest BCUT2D eigenvalue weighted by Crippen LogP contribution is -2.64. The molecule has 1 spiro atoms. The van der Waals surface area contributed by atoms with Crippen LogP contribution in [0.4, 0.5) is 19.7 Å². The summed E-state index contributed by atoms with van der Waals surface area (Å²) in [6.45, 7) is 9.32. The van der Waals surface area contributed by atoms with Crippen LogP contribution < -0.4 is 10.2 Å². The second-order valence-electron chi connectivity index (χ2n) is 10.3. The Morgan fingerprint density at radius 3 is 2.69 bits per heavy atom. The molecule has 32 heavy (non-hydrogen) atoms. The Labute approximate surface area is 189 Å². The molecule has 2 fully saturated rings. The van der Waals surface area contributed by atoms with Crippen LogP contribution in [0.1, 0.15) is 59.8 Å². The number of carbonyl (C=O) groups is 2. The van der Waals surface area contributed by atoms with Gasteiger partial charge in [-0.25, -0.2) is 14.0 Å². The van der Waals surface area contributed by atoms with Crippen LogP contribution in [0.25, 0.3) is 0 Å². The number of urea groups is 1. The lowest BCUT2D eigenvalue weighted by Gasteiger charge is -2.49. The molecule has 3 amide bonds. The van der Waals surface area contributed by atoms with E-state index in [2.05, 4.69) is 22.1 Å². The molecule has 0 aromatic heterocycles. The zero-order chi connectivity index (χ0) is 23.1. The molecule has 0 unspecified atom stereocenters. The molecule has 0 radical (unpaired) electrons. The molecule has 1 aromatic carbocycles. The summed E-state index contributed by atoms with van der Waals surface area (Å²) in [5.41, 5.74) is -1.08. The standard InChI is InChI=1S/C24H33FN4O3/c1-16-14-24(11-12-28(16)15-17-7-5-8-17)20(27-22(31)32-23(2,3)4)26-21(30)29(24)19-10-6-9-18(25)13-19/h6,9-10,13,16-17H,5,7-8,11-12,14-15H2,1-4H3,(H,26,27,30,31)/t16-,24+/m0/s1. The quantitative estimate of drug-likeness (QED) is 0.733. The second kappa shape index (κ2) is 8.46. The van der Waals surface area contributed by atoms with E-state index in [0.29, 0.717) is 18.5 Å². The minimum Gasteiger partial charge on any atom is -0.444 e. The highest BCUT2D eigenvalue weighted by molar-refractivity contribution is 6.19. The summed E-state index contributed by atoms with van der Waals surface area (Å²) in [4.78, 5) is 33.9. The Bertz CT molecular complexity index is 924. The third kappa shape index (κ3) is 4.51. The molecule has 7 nitrogen and oxygen atoms in total. The van der Waals surface area contributed by atoms with Gasteiger partial charge in [0.25, 0.3) is 0 Å². The predicted molar refractivity (Wildman–Crippen MR) is 121 cm³/mol. The number of anilines is 1. The number of hydrogen-bond donors (Lipinski definition) is 1. The fraction of sp³-hybridized carbons (Fsp3) is 0.625. The molecule has 4 rings (SSSR count). The summed E-state index contributed by atoms with van der Waals surface area (Å²) in [6, 6.07) is 5.66. The maximum atomic E-state index is 14.1. The zero-order valence-electron chi connectivity index (χ0n) is 19.4. The van der Waals surface area contributed by atoms with Gasteiger partial charge in [-0.3, -0.25) is 10.2 Å². The third-order valence-electron chi connectivity index (χ3n) is 6.74. The smallest absolute Gasteiger partial charge is 0.413 e. The maximum Gasteiger partial charge on any atom is 0.413 e. The van der Waals surface area contributed by atoms with Gasteiger partial charge in [0, 0.05) is 24.8 Å². The molecule has 8 heteroatoms. The van der Waals surface area contributed by atoms with Crippen molar-refractivity contribution in [2.45, 2.75) is 77.0 Å². The Kier molecular flexibility index (Phi) is 6.00. The van der Waals surface area contributed by atoms with Crippen LogP contribution in [0.3, 0.4) is 0 Å². The molecule has 1 saturated carbocycles. The van der Waals surface area contributed by atoms with E-state index in [-0.39, 0.29) is 11.9 Å². The summed E-state index contributed by atoms with van der Waals surface area (Å²) >= 11 is 0. The number of hydrogen-bond acceptors (Lipinski definition) is 4. The number of rotatable bonds is 3. The van der Waals surface area contributed by atoms with E-state index in [1.165, 1.54) is 31.4 Å². The van der Waals surface area contributed by atoms with Crippen molar-refractivity contribution in [3.63, 3.8) is 0 Å². The molecule has 174 valence electrons. The van der Waals surface area contributed by atoms with Gasteiger partial charge < -0.3 is 9.64 Å². The first-order valence-electron chi connectivity index (χ1n) is 11.5. The van der Waals surface area contributed by atoms with Crippen molar-refractivity contribution >= 4 is 23.6 Å². The Morgan fingerprint density at radius 2 is 2.09 bits per heavy atom. The number of aliphatic imine (C=N–C) groups is 1. The van der Waals surface area contributed by atoms with Crippen molar-refractivity contribution in [3.8, 4) is 0 Å². The third-order valence-corrected chi connectivity index (χ3v) is 6.74. The zero-order valence-corrected chi connectivity index (χ0v) is 19.4. The van der Waals surface area contributed by atoms with E-state index in [0.717, 1.165) is 19.0 Å². The first-order chi connectivity index (χ1) is 15.1.